The molecule has 0 spiro atoms. The highest BCUT2D eigenvalue weighted by atomic mass is 19.4. The first-order valence-electron chi connectivity index (χ1n) is 19.1. The van der Waals surface area contributed by atoms with Gasteiger partial charge in [-0.05, 0) is 19.3 Å². The van der Waals surface area contributed by atoms with Crippen molar-refractivity contribution in [1.82, 2.24) is 5.32 Å². The maximum absolute atomic E-state index is 13.8. The van der Waals surface area contributed by atoms with Crippen LogP contribution < -0.4 is 5.32 Å². The molecule has 0 bridgehead atoms. The predicted octanol–water partition coefficient (Wildman–Crippen LogP) is 13.4. The molecule has 0 rings (SSSR count). The van der Waals surface area contributed by atoms with E-state index in [1.807, 2.05) is 0 Å². The van der Waals surface area contributed by atoms with Crippen LogP contribution in [0, 0.1) is 0 Å². The number of alkyl halides is 13. The van der Waals surface area contributed by atoms with Crippen LogP contribution in [-0.4, -0.2) is 67.6 Å². The molecule has 0 fully saturated rings. The van der Waals surface area contributed by atoms with Gasteiger partial charge in [-0.25, -0.2) is 4.79 Å². The van der Waals surface area contributed by atoms with Gasteiger partial charge in [0.05, 0.1) is 19.6 Å². The van der Waals surface area contributed by atoms with Gasteiger partial charge in [0.1, 0.15) is 0 Å². The van der Waals surface area contributed by atoms with Gasteiger partial charge in [0.15, 0.2) is 0 Å². The minimum Gasteiger partial charge on any atom is -0.465 e. The van der Waals surface area contributed by atoms with Gasteiger partial charge in [0.2, 0.25) is 0 Å². The largest absolute Gasteiger partial charge is 0.465 e. The van der Waals surface area contributed by atoms with Crippen molar-refractivity contribution < 1.29 is 76.1 Å². The molecule has 0 unspecified atom stereocenters. The van der Waals surface area contributed by atoms with Crippen molar-refractivity contribution in [1.29, 1.82) is 0 Å². The summed E-state index contributed by atoms with van der Waals surface area (Å²) < 4.78 is 180. The van der Waals surface area contributed by atoms with Crippen molar-refractivity contribution in [2.75, 3.05) is 19.8 Å². The number of carbonyl (C=O) groups excluding carboxylic acids is 2. The van der Waals surface area contributed by atoms with Gasteiger partial charge < -0.3 is 14.8 Å². The van der Waals surface area contributed by atoms with Crippen LogP contribution in [0.3, 0.4) is 0 Å². The van der Waals surface area contributed by atoms with Crippen molar-refractivity contribution in [3.8, 4) is 0 Å². The van der Waals surface area contributed by atoms with Crippen molar-refractivity contribution in [2.24, 2.45) is 0 Å². The molecule has 0 radical (unpaired) electrons. The molecule has 1 amide bonds. The number of unbranched alkanes of at least 4 members (excludes halogenated alkanes) is 20. The normalized spacial score (nSPS) is 13.3. The first kappa shape index (κ1) is 51.8. The number of amides is 1. The third-order valence-electron chi connectivity index (χ3n) is 8.99. The highest BCUT2D eigenvalue weighted by molar-refractivity contribution is 5.69. The average Bonchev–Trinajstić information content (AvgIpc) is 3.07. The molecule has 54 heavy (non-hydrogen) atoms. The second kappa shape index (κ2) is 25.9. The van der Waals surface area contributed by atoms with Crippen LogP contribution in [-0.2, 0) is 14.3 Å². The average molecular weight is 816 g/mol. The fraction of sp³-hybridized carbons (Fsp3) is 0.944. The number of rotatable bonds is 33. The van der Waals surface area contributed by atoms with Crippen LogP contribution in [0.25, 0.3) is 0 Å². The van der Waals surface area contributed by atoms with Crippen LogP contribution >= 0.6 is 0 Å². The lowest BCUT2D eigenvalue weighted by Gasteiger charge is -2.39. The summed E-state index contributed by atoms with van der Waals surface area (Å²) >= 11 is 0. The minimum absolute atomic E-state index is 0.160. The van der Waals surface area contributed by atoms with Crippen LogP contribution in [0.15, 0.2) is 0 Å². The summed E-state index contributed by atoms with van der Waals surface area (Å²) in [5, 5.41) is 2.70. The van der Waals surface area contributed by atoms with Gasteiger partial charge in [-0.2, -0.15) is 57.1 Å². The lowest BCUT2D eigenvalue weighted by Crippen LogP contribution is -2.70. The van der Waals surface area contributed by atoms with E-state index >= 15 is 0 Å². The molecular weight excluding hydrogens is 757 g/mol. The number of esters is 1. The van der Waals surface area contributed by atoms with Gasteiger partial charge in [0.25, 0.3) is 0 Å². The Bertz CT molecular complexity index is 1010. The van der Waals surface area contributed by atoms with Crippen molar-refractivity contribution >= 4 is 12.1 Å². The molecule has 0 aromatic rings. The molecule has 0 heterocycles. The van der Waals surface area contributed by atoms with E-state index in [2.05, 4.69) is 17.0 Å². The van der Waals surface area contributed by atoms with Crippen molar-refractivity contribution in [2.45, 2.75) is 197 Å². The smallest absolute Gasteiger partial charge is 0.460 e. The van der Waals surface area contributed by atoms with Gasteiger partial charge in [-0.3, -0.25) is 4.79 Å². The van der Waals surface area contributed by atoms with Gasteiger partial charge in [0, 0.05) is 13.0 Å². The molecule has 0 aliphatic heterocycles. The summed E-state index contributed by atoms with van der Waals surface area (Å²) in [6, 6.07) is 0. The summed E-state index contributed by atoms with van der Waals surface area (Å²) in [4.78, 5) is 23.4. The fourth-order valence-electron chi connectivity index (χ4n) is 5.48. The van der Waals surface area contributed by atoms with Crippen LogP contribution in [0.1, 0.15) is 161 Å². The van der Waals surface area contributed by atoms with E-state index in [0.29, 0.717) is 26.0 Å². The quantitative estimate of drug-likeness (QED) is 0.0407. The molecule has 18 heteroatoms. The first-order valence-corrected chi connectivity index (χ1v) is 19.1. The highest BCUT2D eigenvalue weighted by Gasteiger charge is 2.90. The number of ether oxygens (including phenoxy) is 2. The minimum atomic E-state index is -7.96. The zero-order chi connectivity index (χ0) is 41.4. The molecule has 5 nitrogen and oxygen atoms in total. The van der Waals surface area contributed by atoms with Crippen molar-refractivity contribution in [3.63, 3.8) is 0 Å². The van der Waals surface area contributed by atoms with E-state index in [1.165, 1.54) is 70.6 Å². The summed E-state index contributed by atoms with van der Waals surface area (Å²) in [6.07, 6.45) is 11.7. The number of hydrogen-bond acceptors (Lipinski definition) is 4. The summed E-state index contributed by atoms with van der Waals surface area (Å²) in [6.45, 7) is 1.34. The van der Waals surface area contributed by atoms with Crippen LogP contribution in [0.2, 0.25) is 0 Å². The Balaban J connectivity index is 3.89. The Morgan fingerprint density at radius 2 is 0.833 bits per heavy atom. The third-order valence-corrected chi connectivity index (χ3v) is 8.99. The Labute approximate surface area is 310 Å². The molecule has 0 aliphatic rings. The Morgan fingerprint density at radius 3 is 1.28 bits per heavy atom. The standard InChI is InChI=1S/C36H58F13NO4/c1-2-3-4-5-6-7-8-9-10-11-14-17-20-23-27-54-30(52)50-26-22-19-16-13-12-15-18-21-24-29(51)53-28-25-31(37,38)32(39,40)33(41,42)34(43,44)35(45,46)36(47,48)49/h2-28H2,1H3,(H,50,52). The SMILES string of the molecule is CCCCCCCCCCCCCCCCOC(=O)NCCCCCCCCCCC(=O)OCCC(F)(F)C(F)(F)C(F)(F)C(F)(F)C(F)(F)C(F)(F)F. The Hall–Kier alpha value is -2.17. The summed E-state index contributed by atoms with van der Waals surface area (Å²) in [5.74, 6) is -38.5. The number of carbonyl (C=O) groups is 2. The second-order valence-corrected chi connectivity index (χ2v) is 13.7. The summed E-state index contributed by atoms with van der Waals surface area (Å²) in [7, 11) is 0. The Morgan fingerprint density at radius 1 is 0.444 bits per heavy atom. The van der Waals surface area contributed by atoms with Crippen LogP contribution in [0.5, 0.6) is 0 Å². The van der Waals surface area contributed by atoms with Gasteiger partial charge in [-0.15, -0.1) is 0 Å². The van der Waals surface area contributed by atoms with Gasteiger partial charge >= 0.3 is 47.9 Å². The van der Waals surface area contributed by atoms with E-state index in [4.69, 9.17) is 4.74 Å². The first-order chi connectivity index (χ1) is 25.1. The molecule has 1 N–H and O–H groups in total. The zero-order valence-electron chi connectivity index (χ0n) is 31.1. The van der Waals surface area contributed by atoms with E-state index in [9.17, 15) is 66.7 Å². The van der Waals surface area contributed by atoms with E-state index in [0.717, 1.165) is 51.4 Å². The maximum Gasteiger partial charge on any atom is 0.460 e. The van der Waals surface area contributed by atoms with E-state index in [1.54, 1.807) is 0 Å². The number of nitrogens with one attached hydrogen (secondary N) is 1. The molecular formula is C36H58F13NO4. The topological polar surface area (TPSA) is 64.6 Å². The zero-order valence-corrected chi connectivity index (χ0v) is 31.1. The van der Waals surface area contributed by atoms with Gasteiger partial charge in [-0.1, -0.05) is 129 Å². The number of halogens is 13. The molecule has 0 aliphatic carbocycles. The van der Waals surface area contributed by atoms with E-state index < -0.39 is 67.3 Å². The molecule has 0 aromatic carbocycles. The molecule has 0 atom stereocenters. The predicted molar refractivity (Wildman–Crippen MR) is 178 cm³/mol. The second-order valence-electron chi connectivity index (χ2n) is 13.7. The molecule has 0 saturated heterocycles. The number of alkyl carbamates (subject to hydrolysis) is 1. The Kier molecular flexibility index (Phi) is 24.8. The molecule has 322 valence electrons. The monoisotopic (exact) mass is 815 g/mol. The fourth-order valence-corrected chi connectivity index (χ4v) is 5.48. The van der Waals surface area contributed by atoms with E-state index in [-0.39, 0.29) is 6.42 Å². The van der Waals surface area contributed by atoms with Crippen molar-refractivity contribution in [3.05, 3.63) is 0 Å². The number of hydrogen-bond donors (Lipinski definition) is 1. The molecule has 0 saturated carbocycles. The van der Waals surface area contributed by atoms with Crippen LogP contribution in [0.4, 0.5) is 61.9 Å². The lowest BCUT2D eigenvalue weighted by atomic mass is 9.93. The maximum atomic E-state index is 13.8. The highest BCUT2D eigenvalue weighted by Crippen LogP contribution is 2.60. The third kappa shape index (κ3) is 18.2. The summed E-state index contributed by atoms with van der Waals surface area (Å²) in [5.41, 5.74) is 0. The lowest BCUT2D eigenvalue weighted by molar-refractivity contribution is -0.440. The molecule has 0 aromatic heterocycles.